The molecule has 20 heavy (non-hydrogen) atoms. The van der Waals surface area contributed by atoms with Crippen LogP contribution in [-0.2, 0) is 0 Å². The average molecular weight is 284 g/mol. The molecule has 0 spiro atoms. The largest absolute Gasteiger partial charge is 0.300 e. The van der Waals surface area contributed by atoms with Gasteiger partial charge in [-0.1, -0.05) is 6.42 Å². The minimum atomic E-state index is -0.924. The SMILES string of the molecule is CN([C@H]1CCC[C@H](N2CCC(C)(F)CC2)C1)C(C)(C)C. The third-order valence-electron chi connectivity index (χ3n) is 5.58. The molecule has 0 unspecified atom stereocenters. The summed E-state index contributed by atoms with van der Waals surface area (Å²) in [6.07, 6.45) is 6.62. The third-order valence-corrected chi connectivity index (χ3v) is 5.58. The highest BCUT2D eigenvalue weighted by Crippen LogP contribution is 2.33. The Morgan fingerprint density at radius 3 is 2.30 bits per heavy atom. The van der Waals surface area contributed by atoms with Crippen molar-refractivity contribution in [1.29, 1.82) is 0 Å². The molecule has 2 rings (SSSR count). The van der Waals surface area contributed by atoms with Crippen LogP contribution in [0, 0.1) is 0 Å². The summed E-state index contributed by atoms with van der Waals surface area (Å²) in [5, 5.41) is 0. The predicted octanol–water partition coefficient (Wildman–Crippen LogP) is 3.85. The molecule has 0 amide bonds. The second-order valence-corrected chi connectivity index (χ2v) is 8.21. The smallest absolute Gasteiger partial charge is 0.110 e. The average Bonchev–Trinajstić information content (AvgIpc) is 2.37. The van der Waals surface area contributed by atoms with Gasteiger partial charge in [0.2, 0.25) is 0 Å². The van der Waals surface area contributed by atoms with E-state index in [1.54, 1.807) is 6.92 Å². The van der Waals surface area contributed by atoms with Gasteiger partial charge in [0.05, 0.1) is 0 Å². The van der Waals surface area contributed by atoms with E-state index in [-0.39, 0.29) is 5.54 Å². The fraction of sp³-hybridized carbons (Fsp3) is 1.00. The van der Waals surface area contributed by atoms with Gasteiger partial charge in [0.15, 0.2) is 0 Å². The van der Waals surface area contributed by atoms with Crippen LogP contribution in [-0.4, -0.2) is 53.2 Å². The molecule has 1 heterocycles. The molecule has 118 valence electrons. The maximum Gasteiger partial charge on any atom is 0.110 e. The fourth-order valence-electron chi connectivity index (χ4n) is 3.73. The molecule has 2 fully saturated rings. The van der Waals surface area contributed by atoms with Gasteiger partial charge < -0.3 is 4.90 Å². The molecule has 0 aromatic rings. The van der Waals surface area contributed by atoms with Crippen molar-refractivity contribution >= 4 is 0 Å². The zero-order valence-electron chi connectivity index (χ0n) is 14.1. The number of piperidine rings is 1. The Bertz CT molecular complexity index is 311. The summed E-state index contributed by atoms with van der Waals surface area (Å²) in [5.74, 6) is 0. The lowest BCUT2D eigenvalue weighted by molar-refractivity contribution is 0.0135. The number of alkyl halides is 1. The molecule has 2 aliphatic rings. The highest BCUT2D eigenvalue weighted by atomic mass is 19.1. The summed E-state index contributed by atoms with van der Waals surface area (Å²) in [6, 6.07) is 1.36. The van der Waals surface area contributed by atoms with Gasteiger partial charge in [0.25, 0.3) is 0 Å². The van der Waals surface area contributed by atoms with Crippen LogP contribution in [0.25, 0.3) is 0 Å². The van der Waals surface area contributed by atoms with E-state index in [1.165, 1.54) is 25.7 Å². The molecule has 0 radical (unpaired) electrons. The molecule has 2 atom stereocenters. The Balaban J connectivity index is 1.91. The van der Waals surface area contributed by atoms with Gasteiger partial charge in [-0.3, -0.25) is 4.90 Å². The van der Waals surface area contributed by atoms with Crippen LogP contribution in [0.4, 0.5) is 4.39 Å². The van der Waals surface area contributed by atoms with Crippen molar-refractivity contribution in [3.05, 3.63) is 0 Å². The molecular weight excluding hydrogens is 251 g/mol. The Labute approximate surface area is 124 Å². The van der Waals surface area contributed by atoms with Crippen LogP contribution in [0.2, 0.25) is 0 Å². The van der Waals surface area contributed by atoms with Gasteiger partial charge >= 0.3 is 0 Å². The lowest BCUT2D eigenvalue weighted by Crippen LogP contribution is -2.52. The van der Waals surface area contributed by atoms with E-state index in [2.05, 4.69) is 37.6 Å². The van der Waals surface area contributed by atoms with Crippen LogP contribution in [0.3, 0.4) is 0 Å². The van der Waals surface area contributed by atoms with Gasteiger partial charge in [-0.05, 0) is 66.8 Å². The lowest BCUT2D eigenvalue weighted by Gasteiger charge is -2.46. The lowest BCUT2D eigenvalue weighted by atomic mass is 9.85. The number of hydrogen-bond acceptors (Lipinski definition) is 2. The summed E-state index contributed by atoms with van der Waals surface area (Å²) >= 11 is 0. The first kappa shape index (κ1) is 16.2. The molecular formula is C17H33FN2. The van der Waals surface area contributed by atoms with Crippen LogP contribution in [0.1, 0.15) is 66.2 Å². The van der Waals surface area contributed by atoms with Crippen LogP contribution in [0.15, 0.2) is 0 Å². The standard InChI is InChI=1S/C17H33FN2/c1-16(2,3)19(5)14-7-6-8-15(13-14)20-11-9-17(4,18)10-12-20/h14-15H,6-13H2,1-5H3/t14-,15-/m0/s1. The minimum absolute atomic E-state index is 0.242. The molecule has 3 heteroatoms. The van der Waals surface area contributed by atoms with Crippen molar-refractivity contribution in [2.45, 2.75) is 89.5 Å². The maximum absolute atomic E-state index is 13.9. The summed E-state index contributed by atoms with van der Waals surface area (Å²) < 4.78 is 13.9. The normalized spacial score (nSPS) is 32.5. The summed E-state index contributed by atoms with van der Waals surface area (Å²) in [5.41, 5.74) is -0.682. The summed E-state index contributed by atoms with van der Waals surface area (Å²) in [7, 11) is 2.27. The van der Waals surface area contributed by atoms with E-state index in [4.69, 9.17) is 0 Å². The number of hydrogen-bond donors (Lipinski definition) is 0. The molecule has 1 saturated carbocycles. The first-order chi connectivity index (χ1) is 9.19. The molecule has 0 N–H and O–H groups in total. The Kier molecular flexibility index (Phi) is 4.80. The molecule has 1 saturated heterocycles. The van der Waals surface area contributed by atoms with E-state index >= 15 is 0 Å². The van der Waals surface area contributed by atoms with E-state index in [0.717, 1.165) is 13.1 Å². The first-order valence-electron chi connectivity index (χ1n) is 8.35. The highest BCUT2D eigenvalue weighted by Gasteiger charge is 2.36. The maximum atomic E-state index is 13.9. The molecule has 1 aliphatic heterocycles. The fourth-order valence-corrected chi connectivity index (χ4v) is 3.73. The van der Waals surface area contributed by atoms with Crippen molar-refractivity contribution in [3.8, 4) is 0 Å². The van der Waals surface area contributed by atoms with E-state index in [1.807, 2.05) is 0 Å². The highest BCUT2D eigenvalue weighted by molar-refractivity contribution is 4.91. The van der Waals surface area contributed by atoms with E-state index in [0.29, 0.717) is 24.9 Å². The van der Waals surface area contributed by atoms with Gasteiger partial charge in [-0.15, -0.1) is 0 Å². The minimum Gasteiger partial charge on any atom is -0.300 e. The second-order valence-electron chi connectivity index (χ2n) is 8.21. The monoisotopic (exact) mass is 284 g/mol. The van der Waals surface area contributed by atoms with Crippen molar-refractivity contribution in [3.63, 3.8) is 0 Å². The Hall–Kier alpha value is -0.150. The number of likely N-dealkylation sites (tertiary alicyclic amines) is 1. The van der Waals surface area contributed by atoms with Gasteiger partial charge in [0, 0.05) is 30.7 Å². The van der Waals surface area contributed by atoms with Crippen molar-refractivity contribution < 1.29 is 4.39 Å². The topological polar surface area (TPSA) is 6.48 Å². The second kappa shape index (κ2) is 5.92. The number of rotatable bonds is 2. The van der Waals surface area contributed by atoms with E-state index in [9.17, 15) is 4.39 Å². The Morgan fingerprint density at radius 2 is 1.75 bits per heavy atom. The van der Waals surface area contributed by atoms with Gasteiger partial charge in [-0.25, -0.2) is 4.39 Å². The quantitative estimate of drug-likeness (QED) is 0.760. The Morgan fingerprint density at radius 1 is 1.15 bits per heavy atom. The van der Waals surface area contributed by atoms with Crippen molar-refractivity contribution in [2.24, 2.45) is 0 Å². The van der Waals surface area contributed by atoms with Gasteiger partial charge in [-0.2, -0.15) is 0 Å². The number of nitrogens with zero attached hydrogens (tertiary/aromatic N) is 2. The third kappa shape index (κ3) is 3.94. The molecule has 1 aliphatic carbocycles. The molecule has 2 nitrogen and oxygen atoms in total. The van der Waals surface area contributed by atoms with Crippen molar-refractivity contribution in [2.75, 3.05) is 20.1 Å². The molecule has 0 aromatic heterocycles. The predicted molar refractivity (Wildman–Crippen MR) is 83.9 cm³/mol. The number of halogens is 1. The summed E-state index contributed by atoms with van der Waals surface area (Å²) in [6.45, 7) is 10.6. The first-order valence-corrected chi connectivity index (χ1v) is 8.35. The van der Waals surface area contributed by atoms with Crippen LogP contribution >= 0.6 is 0 Å². The molecule has 0 bridgehead atoms. The zero-order valence-corrected chi connectivity index (χ0v) is 14.1. The van der Waals surface area contributed by atoms with Crippen LogP contribution < -0.4 is 0 Å². The zero-order chi connectivity index (χ0) is 15.0. The van der Waals surface area contributed by atoms with E-state index < -0.39 is 5.67 Å². The summed E-state index contributed by atoms with van der Waals surface area (Å²) in [4.78, 5) is 5.10. The molecule has 0 aromatic carbocycles. The van der Waals surface area contributed by atoms with Crippen molar-refractivity contribution in [1.82, 2.24) is 9.80 Å². The van der Waals surface area contributed by atoms with Gasteiger partial charge in [0.1, 0.15) is 5.67 Å². The van der Waals surface area contributed by atoms with Crippen LogP contribution in [0.5, 0.6) is 0 Å².